The molecule has 2 aromatic carbocycles. The van der Waals surface area contributed by atoms with Crippen molar-refractivity contribution in [3.8, 4) is 11.5 Å². The Balaban J connectivity index is 2.38. The standard InChI is InChI=1S/C14H12N2O4/c1-10-4-2-3-5-14(10)20-13-7-11(15-9-17)6-12(8-13)16(18)19/h2-9H,1H3,(H,15,17). The first-order valence-electron chi connectivity index (χ1n) is 5.83. The summed E-state index contributed by atoms with van der Waals surface area (Å²) in [7, 11) is 0. The molecular weight excluding hydrogens is 260 g/mol. The number of rotatable bonds is 5. The minimum absolute atomic E-state index is 0.152. The molecule has 102 valence electrons. The molecule has 0 saturated carbocycles. The predicted molar refractivity (Wildman–Crippen MR) is 74.0 cm³/mol. The molecule has 2 aromatic rings. The lowest BCUT2D eigenvalue weighted by molar-refractivity contribution is -0.384. The topological polar surface area (TPSA) is 81.5 Å². The van der Waals surface area contributed by atoms with Crippen LogP contribution in [0.1, 0.15) is 5.56 Å². The van der Waals surface area contributed by atoms with Crippen LogP contribution in [-0.4, -0.2) is 11.3 Å². The molecule has 0 aliphatic carbocycles. The number of nitrogens with one attached hydrogen (secondary N) is 1. The van der Waals surface area contributed by atoms with Gasteiger partial charge in [-0.2, -0.15) is 0 Å². The summed E-state index contributed by atoms with van der Waals surface area (Å²) in [4.78, 5) is 20.8. The lowest BCUT2D eigenvalue weighted by Crippen LogP contribution is -1.97. The van der Waals surface area contributed by atoms with Gasteiger partial charge in [0.2, 0.25) is 6.41 Å². The number of para-hydroxylation sites is 1. The second-order valence-electron chi connectivity index (χ2n) is 4.10. The van der Waals surface area contributed by atoms with E-state index in [1.165, 1.54) is 18.2 Å². The number of anilines is 1. The van der Waals surface area contributed by atoms with E-state index in [1.54, 1.807) is 6.07 Å². The van der Waals surface area contributed by atoms with Gasteiger partial charge in [0, 0.05) is 12.1 Å². The fraction of sp³-hybridized carbons (Fsp3) is 0.0714. The molecule has 0 radical (unpaired) electrons. The molecule has 0 bridgehead atoms. The molecule has 1 amide bonds. The summed E-state index contributed by atoms with van der Waals surface area (Å²) in [6, 6.07) is 11.4. The van der Waals surface area contributed by atoms with E-state index in [9.17, 15) is 14.9 Å². The Labute approximate surface area is 115 Å². The number of aryl methyl sites for hydroxylation is 1. The highest BCUT2D eigenvalue weighted by Gasteiger charge is 2.11. The number of non-ortho nitro benzene ring substituents is 1. The molecule has 0 heterocycles. The first-order valence-corrected chi connectivity index (χ1v) is 5.83. The van der Waals surface area contributed by atoms with E-state index >= 15 is 0 Å². The van der Waals surface area contributed by atoms with Crippen LogP contribution in [0.3, 0.4) is 0 Å². The SMILES string of the molecule is Cc1ccccc1Oc1cc(NC=O)cc([N+](=O)[O-])c1. The molecule has 0 unspecified atom stereocenters. The van der Waals surface area contributed by atoms with Crippen molar-refractivity contribution in [3.63, 3.8) is 0 Å². The van der Waals surface area contributed by atoms with E-state index in [4.69, 9.17) is 4.74 Å². The van der Waals surface area contributed by atoms with Crippen molar-refractivity contribution in [1.82, 2.24) is 0 Å². The van der Waals surface area contributed by atoms with Crippen molar-refractivity contribution < 1.29 is 14.5 Å². The lowest BCUT2D eigenvalue weighted by atomic mass is 10.2. The van der Waals surface area contributed by atoms with Gasteiger partial charge in [-0.1, -0.05) is 18.2 Å². The number of hydrogen-bond acceptors (Lipinski definition) is 4. The Morgan fingerprint density at radius 3 is 2.65 bits per heavy atom. The minimum atomic E-state index is -0.541. The van der Waals surface area contributed by atoms with Crippen LogP contribution in [0, 0.1) is 17.0 Å². The molecule has 0 saturated heterocycles. The molecule has 0 spiro atoms. The number of nitro benzene ring substituents is 1. The number of hydrogen-bond donors (Lipinski definition) is 1. The summed E-state index contributed by atoms with van der Waals surface area (Å²) >= 11 is 0. The molecule has 1 N–H and O–H groups in total. The van der Waals surface area contributed by atoms with Gasteiger partial charge in [-0.3, -0.25) is 14.9 Å². The number of carbonyl (C=O) groups excluding carboxylic acids is 1. The van der Waals surface area contributed by atoms with Gasteiger partial charge in [-0.15, -0.1) is 0 Å². The van der Waals surface area contributed by atoms with E-state index in [1.807, 2.05) is 25.1 Å². The van der Waals surface area contributed by atoms with Gasteiger partial charge in [0.05, 0.1) is 16.7 Å². The van der Waals surface area contributed by atoms with Crippen LogP contribution < -0.4 is 10.1 Å². The predicted octanol–water partition coefficient (Wildman–Crippen LogP) is 3.26. The largest absolute Gasteiger partial charge is 0.457 e. The van der Waals surface area contributed by atoms with Crippen LogP contribution in [0.4, 0.5) is 11.4 Å². The van der Waals surface area contributed by atoms with Gasteiger partial charge in [0.25, 0.3) is 5.69 Å². The van der Waals surface area contributed by atoms with Crippen molar-refractivity contribution in [2.75, 3.05) is 5.32 Å². The number of ether oxygens (including phenoxy) is 1. The Bertz CT molecular complexity index is 655. The Hall–Kier alpha value is -2.89. The van der Waals surface area contributed by atoms with Crippen molar-refractivity contribution in [3.05, 3.63) is 58.1 Å². The third kappa shape index (κ3) is 3.11. The van der Waals surface area contributed by atoms with E-state index in [0.29, 0.717) is 17.8 Å². The molecule has 0 fully saturated rings. The van der Waals surface area contributed by atoms with Gasteiger partial charge in [0.15, 0.2) is 0 Å². The average molecular weight is 272 g/mol. The van der Waals surface area contributed by atoms with Crippen LogP contribution >= 0.6 is 0 Å². The molecule has 0 aromatic heterocycles. The van der Waals surface area contributed by atoms with Gasteiger partial charge in [-0.25, -0.2) is 0 Å². The number of amides is 1. The van der Waals surface area contributed by atoms with Crippen molar-refractivity contribution in [1.29, 1.82) is 0 Å². The quantitative estimate of drug-likeness (QED) is 0.514. The molecule has 0 aliphatic heterocycles. The monoisotopic (exact) mass is 272 g/mol. The van der Waals surface area contributed by atoms with Gasteiger partial charge < -0.3 is 10.1 Å². The van der Waals surface area contributed by atoms with Gasteiger partial charge >= 0.3 is 0 Å². The maximum atomic E-state index is 10.9. The molecule has 0 aliphatic rings. The smallest absolute Gasteiger partial charge is 0.275 e. The van der Waals surface area contributed by atoms with E-state index < -0.39 is 4.92 Å². The van der Waals surface area contributed by atoms with Crippen molar-refractivity contribution in [2.24, 2.45) is 0 Å². The first-order chi connectivity index (χ1) is 9.60. The third-order valence-electron chi connectivity index (χ3n) is 2.65. The Morgan fingerprint density at radius 1 is 1.25 bits per heavy atom. The zero-order chi connectivity index (χ0) is 14.5. The van der Waals surface area contributed by atoms with Crippen LogP contribution in [0.15, 0.2) is 42.5 Å². The highest BCUT2D eigenvalue weighted by Crippen LogP contribution is 2.30. The Morgan fingerprint density at radius 2 is 2.00 bits per heavy atom. The molecular formula is C14H12N2O4. The highest BCUT2D eigenvalue weighted by molar-refractivity contribution is 5.73. The average Bonchev–Trinajstić information content (AvgIpc) is 2.41. The summed E-state index contributed by atoms with van der Waals surface area (Å²) in [6.07, 6.45) is 0.455. The zero-order valence-corrected chi connectivity index (χ0v) is 10.7. The number of carbonyl (C=O) groups is 1. The molecule has 2 rings (SSSR count). The Kier molecular flexibility index (Phi) is 3.95. The minimum Gasteiger partial charge on any atom is -0.457 e. The van der Waals surface area contributed by atoms with Crippen LogP contribution in [0.2, 0.25) is 0 Å². The molecule has 6 heteroatoms. The van der Waals surface area contributed by atoms with E-state index in [-0.39, 0.29) is 11.4 Å². The fourth-order valence-corrected chi connectivity index (χ4v) is 1.70. The van der Waals surface area contributed by atoms with Crippen LogP contribution in [0.25, 0.3) is 0 Å². The van der Waals surface area contributed by atoms with Gasteiger partial charge in [0.1, 0.15) is 11.5 Å². The summed E-state index contributed by atoms with van der Waals surface area (Å²) < 4.78 is 5.63. The van der Waals surface area contributed by atoms with Gasteiger partial charge in [-0.05, 0) is 18.6 Å². The maximum absolute atomic E-state index is 10.9. The summed E-state index contributed by atoms with van der Waals surface area (Å²) in [5.74, 6) is 0.892. The summed E-state index contributed by atoms with van der Waals surface area (Å²) in [6.45, 7) is 1.87. The van der Waals surface area contributed by atoms with Crippen molar-refractivity contribution in [2.45, 2.75) is 6.92 Å². The van der Waals surface area contributed by atoms with Crippen LogP contribution in [0.5, 0.6) is 11.5 Å². The van der Waals surface area contributed by atoms with E-state index in [0.717, 1.165) is 5.56 Å². The summed E-state index contributed by atoms with van der Waals surface area (Å²) in [5.41, 5.74) is 1.06. The lowest BCUT2D eigenvalue weighted by Gasteiger charge is -2.09. The van der Waals surface area contributed by atoms with Crippen LogP contribution in [-0.2, 0) is 4.79 Å². The number of benzene rings is 2. The zero-order valence-electron chi connectivity index (χ0n) is 10.7. The third-order valence-corrected chi connectivity index (χ3v) is 2.65. The highest BCUT2D eigenvalue weighted by atomic mass is 16.6. The molecule has 20 heavy (non-hydrogen) atoms. The summed E-state index contributed by atoms with van der Waals surface area (Å²) in [5, 5.41) is 13.2. The molecule has 6 nitrogen and oxygen atoms in total. The van der Waals surface area contributed by atoms with E-state index in [2.05, 4.69) is 5.32 Å². The first kappa shape index (κ1) is 13.5. The number of nitro groups is 1. The molecule has 0 atom stereocenters. The van der Waals surface area contributed by atoms with Crippen molar-refractivity contribution >= 4 is 17.8 Å². The fourth-order valence-electron chi connectivity index (χ4n) is 1.70. The second-order valence-corrected chi connectivity index (χ2v) is 4.10. The maximum Gasteiger partial charge on any atom is 0.275 e. The second kappa shape index (κ2) is 5.83. The number of nitrogens with zero attached hydrogens (tertiary/aromatic N) is 1. The normalized spacial score (nSPS) is 9.85.